The Morgan fingerprint density at radius 2 is 1.71 bits per heavy atom. The van der Waals surface area contributed by atoms with Crippen molar-refractivity contribution in [2.75, 3.05) is 23.7 Å². The van der Waals surface area contributed by atoms with Gasteiger partial charge in [0.05, 0.1) is 11.9 Å². The van der Waals surface area contributed by atoms with Crippen LogP contribution in [0.3, 0.4) is 0 Å². The molecule has 0 radical (unpaired) electrons. The third-order valence-corrected chi connectivity index (χ3v) is 5.73. The van der Waals surface area contributed by atoms with Crippen LogP contribution in [-0.2, 0) is 21.2 Å². The summed E-state index contributed by atoms with van der Waals surface area (Å²) in [5, 5.41) is 2.84. The van der Waals surface area contributed by atoms with Gasteiger partial charge >= 0.3 is 0 Å². The minimum atomic E-state index is -3.57. The summed E-state index contributed by atoms with van der Waals surface area (Å²) in [6.45, 7) is 6.35. The van der Waals surface area contributed by atoms with Crippen molar-refractivity contribution >= 4 is 21.6 Å². The van der Waals surface area contributed by atoms with E-state index in [0.29, 0.717) is 12.2 Å². The molecule has 0 spiro atoms. The average Bonchev–Trinajstić information content (AvgIpc) is 2.64. The Morgan fingerprint density at radius 1 is 1.07 bits per heavy atom. The number of carbonyl (C=O) groups excluding carboxylic acids is 1. The van der Waals surface area contributed by atoms with E-state index in [9.17, 15) is 13.2 Å². The number of rotatable bonds is 9. The zero-order valence-electron chi connectivity index (χ0n) is 17.1. The summed E-state index contributed by atoms with van der Waals surface area (Å²) in [7, 11) is -3.57. The van der Waals surface area contributed by atoms with Crippen molar-refractivity contribution in [1.82, 2.24) is 5.32 Å². The molecule has 0 fully saturated rings. The number of sulfonamides is 1. The number of nitrogens with zero attached hydrogens (tertiary/aromatic N) is 1. The fraction of sp³-hybridized carbons (Fsp3) is 0.409. The number of amides is 1. The van der Waals surface area contributed by atoms with E-state index in [-0.39, 0.29) is 18.4 Å². The Labute approximate surface area is 168 Å². The first-order valence-corrected chi connectivity index (χ1v) is 11.4. The van der Waals surface area contributed by atoms with Gasteiger partial charge in [-0.25, -0.2) is 8.42 Å². The van der Waals surface area contributed by atoms with Gasteiger partial charge in [-0.2, -0.15) is 0 Å². The Kier molecular flexibility index (Phi) is 7.63. The van der Waals surface area contributed by atoms with Gasteiger partial charge in [0.1, 0.15) is 6.54 Å². The zero-order chi connectivity index (χ0) is 20.7. The van der Waals surface area contributed by atoms with Crippen molar-refractivity contribution in [3.8, 4) is 0 Å². The normalized spacial score (nSPS) is 11.5. The van der Waals surface area contributed by atoms with Crippen molar-refractivity contribution in [3.63, 3.8) is 0 Å². The lowest BCUT2D eigenvalue weighted by Gasteiger charge is -2.25. The molecule has 28 heavy (non-hydrogen) atoms. The Hall–Kier alpha value is -2.34. The number of hydrogen-bond acceptors (Lipinski definition) is 3. The number of carbonyl (C=O) groups is 1. The molecule has 0 aliphatic heterocycles. The van der Waals surface area contributed by atoms with Crippen LogP contribution in [-0.4, -0.2) is 33.7 Å². The summed E-state index contributed by atoms with van der Waals surface area (Å²) < 4.78 is 25.9. The summed E-state index contributed by atoms with van der Waals surface area (Å²) in [6.07, 6.45) is 2.80. The molecule has 0 heterocycles. The molecule has 0 bridgehead atoms. The summed E-state index contributed by atoms with van der Waals surface area (Å²) in [5.74, 6) is -0.147. The van der Waals surface area contributed by atoms with Gasteiger partial charge in [0, 0.05) is 6.54 Å². The highest BCUT2D eigenvalue weighted by atomic mass is 32.2. The lowest BCUT2D eigenvalue weighted by molar-refractivity contribution is -0.119. The minimum Gasteiger partial charge on any atom is -0.355 e. The van der Waals surface area contributed by atoms with Crippen molar-refractivity contribution < 1.29 is 13.2 Å². The number of para-hydroxylation sites is 1. The van der Waals surface area contributed by atoms with Gasteiger partial charge in [-0.15, -0.1) is 0 Å². The molecule has 0 aromatic heterocycles. The van der Waals surface area contributed by atoms with Crippen LogP contribution in [0.4, 0.5) is 5.69 Å². The number of benzene rings is 2. The van der Waals surface area contributed by atoms with Crippen LogP contribution < -0.4 is 9.62 Å². The first-order valence-electron chi connectivity index (χ1n) is 9.57. The lowest BCUT2D eigenvalue weighted by atomic mass is 10.0. The second-order valence-corrected chi connectivity index (χ2v) is 9.33. The molecule has 152 valence electrons. The molecule has 2 aromatic rings. The molecular weight excluding hydrogens is 372 g/mol. The summed E-state index contributed by atoms with van der Waals surface area (Å²) >= 11 is 0. The molecule has 0 saturated heterocycles. The summed E-state index contributed by atoms with van der Waals surface area (Å²) in [6, 6.07) is 15.6. The van der Waals surface area contributed by atoms with Crippen molar-refractivity contribution in [1.29, 1.82) is 0 Å². The molecular formula is C22H30N2O3S. The van der Waals surface area contributed by atoms with E-state index in [4.69, 9.17) is 0 Å². The van der Waals surface area contributed by atoms with E-state index >= 15 is 0 Å². The molecule has 2 aromatic carbocycles. The maximum absolute atomic E-state index is 12.4. The van der Waals surface area contributed by atoms with E-state index in [2.05, 4.69) is 36.5 Å². The molecule has 6 heteroatoms. The molecule has 1 amide bonds. The van der Waals surface area contributed by atoms with Crippen LogP contribution in [0.1, 0.15) is 42.9 Å². The van der Waals surface area contributed by atoms with Crippen LogP contribution in [0.5, 0.6) is 0 Å². The molecule has 0 aliphatic rings. The Bertz CT molecular complexity index is 890. The van der Waals surface area contributed by atoms with Gasteiger partial charge in [0.2, 0.25) is 15.9 Å². The average molecular weight is 403 g/mol. The summed E-state index contributed by atoms with van der Waals surface area (Å²) in [5.41, 5.74) is 3.91. The quantitative estimate of drug-likeness (QED) is 0.651. The third kappa shape index (κ3) is 6.37. The van der Waals surface area contributed by atoms with Gasteiger partial charge in [-0.3, -0.25) is 9.10 Å². The van der Waals surface area contributed by atoms with Crippen LogP contribution in [0.2, 0.25) is 0 Å². The largest absolute Gasteiger partial charge is 0.355 e. The molecule has 0 atom stereocenters. The van der Waals surface area contributed by atoms with Crippen LogP contribution in [0.15, 0.2) is 48.5 Å². The third-order valence-electron chi connectivity index (χ3n) is 4.60. The first kappa shape index (κ1) is 22.0. The number of anilines is 1. The standard InChI is InChI=1S/C22H30N2O3S/c1-17(2)20-9-5-6-10-21(20)24(28(4,26)27)16-22(25)23-15-7-8-19-13-11-18(3)12-14-19/h5-6,9-14,17H,7-8,15-16H2,1-4H3,(H,23,25). The number of aryl methyl sites for hydroxylation is 2. The van der Waals surface area contributed by atoms with Gasteiger partial charge in [-0.05, 0) is 42.9 Å². The molecule has 0 saturated carbocycles. The highest BCUT2D eigenvalue weighted by molar-refractivity contribution is 7.92. The second-order valence-electron chi connectivity index (χ2n) is 7.42. The van der Waals surface area contributed by atoms with Gasteiger partial charge in [0.25, 0.3) is 0 Å². The van der Waals surface area contributed by atoms with E-state index in [1.165, 1.54) is 15.4 Å². The molecule has 2 rings (SSSR count). The smallest absolute Gasteiger partial charge is 0.240 e. The number of nitrogens with one attached hydrogen (secondary N) is 1. The van der Waals surface area contributed by atoms with Crippen LogP contribution in [0, 0.1) is 6.92 Å². The molecule has 0 unspecified atom stereocenters. The summed E-state index contributed by atoms with van der Waals surface area (Å²) in [4.78, 5) is 12.4. The van der Waals surface area contributed by atoms with Gasteiger partial charge in [0.15, 0.2) is 0 Å². The number of hydrogen-bond donors (Lipinski definition) is 1. The molecule has 5 nitrogen and oxygen atoms in total. The van der Waals surface area contributed by atoms with Crippen molar-refractivity contribution in [3.05, 3.63) is 65.2 Å². The Balaban J connectivity index is 1.97. The maximum atomic E-state index is 12.4. The van der Waals surface area contributed by atoms with Crippen LogP contribution in [0.25, 0.3) is 0 Å². The van der Waals surface area contributed by atoms with Crippen LogP contribution >= 0.6 is 0 Å². The topological polar surface area (TPSA) is 66.5 Å². The predicted molar refractivity (Wildman–Crippen MR) is 115 cm³/mol. The molecule has 0 aliphatic carbocycles. The fourth-order valence-corrected chi connectivity index (χ4v) is 3.92. The van der Waals surface area contributed by atoms with E-state index in [0.717, 1.165) is 24.7 Å². The minimum absolute atomic E-state index is 0.151. The first-order chi connectivity index (χ1) is 13.2. The lowest BCUT2D eigenvalue weighted by Crippen LogP contribution is -2.41. The highest BCUT2D eigenvalue weighted by Crippen LogP contribution is 2.28. The maximum Gasteiger partial charge on any atom is 0.240 e. The van der Waals surface area contributed by atoms with E-state index in [1.54, 1.807) is 12.1 Å². The van der Waals surface area contributed by atoms with Crippen molar-refractivity contribution in [2.45, 2.75) is 39.5 Å². The SMILES string of the molecule is Cc1ccc(CCCNC(=O)CN(c2ccccc2C(C)C)S(C)(=O)=O)cc1. The predicted octanol–water partition coefficient (Wildman–Crippen LogP) is 3.63. The van der Waals surface area contributed by atoms with Gasteiger partial charge < -0.3 is 5.32 Å². The van der Waals surface area contributed by atoms with E-state index < -0.39 is 10.0 Å². The van der Waals surface area contributed by atoms with E-state index in [1.807, 2.05) is 26.0 Å². The highest BCUT2D eigenvalue weighted by Gasteiger charge is 2.23. The van der Waals surface area contributed by atoms with Crippen molar-refractivity contribution in [2.24, 2.45) is 0 Å². The molecule has 1 N–H and O–H groups in total. The Morgan fingerprint density at radius 3 is 2.32 bits per heavy atom. The van der Waals surface area contributed by atoms with Gasteiger partial charge in [-0.1, -0.05) is 61.9 Å². The second kappa shape index (κ2) is 9.73. The zero-order valence-corrected chi connectivity index (χ0v) is 17.9. The fourth-order valence-electron chi connectivity index (χ4n) is 3.05. The monoisotopic (exact) mass is 402 g/mol.